The van der Waals surface area contributed by atoms with Gasteiger partial charge in [0.2, 0.25) is 0 Å². The molecule has 0 bridgehead atoms. The lowest BCUT2D eigenvalue weighted by Crippen LogP contribution is -2.49. The number of piperidine rings is 1. The molecule has 0 aromatic heterocycles. The maximum atomic E-state index is 5.38. The second-order valence-corrected chi connectivity index (χ2v) is 7.47. The van der Waals surface area contributed by atoms with Gasteiger partial charge >= 0.3 is 0 Å². The van der Waals surface area contributed by atoms with E-state index in [0.29, 0.717) is 6.04 Å². The fraction of sp³-hybridized carbons (Fsp3) is 0.667. The predicted molar refractivity (Wildman–Crippen MR) is 129 cm³/mol. The summed E-state index contributed by atoms with van der Waals surface area (Å²) in [5, 5.41) is 7.12. The number of guanidine groups is 1. The van der Waals surface area contributed by atoms with Crippen molar-refractivity contribution in [1.82, 2.24) is 20.4 Å². The largest absolute Gasteiger partial charge is 0.497 e. The van der Waals surface area contributed by atoms with Crippen LogP contribution in [0.15, 0.2) is 29.3 Å². The van der Waals surface area contributed by atoms with Gasteiger partial charge in [-0.25, -0.2) is 0 Å². The van der Waals surface area contributed by atoms with E-state index in [2.05, 4.69) is 58.6 Å². The number of likely N-dealkylation sites (N-methyl/N-ethyl adjacent to an activating group) is 1. The second kappa shape index (κ2) is 13.2. The molecule has 0 spiro atoms. The van der Waals surface area contributed by atoms with E-state index in [1.54, 1.807) is 7.11 Å². The first kappa shape index (κ1) is 25.0. The number of nitrogens with one attached hydrogen (secondary N) is 2. The van der Waals surface area contributed by atoms with Crippen molar-refractivity contribution >= 4 is 29.9 Å². The number of methoxy groups -OCH3 is 1. The third kappa shape index (κ3) is 7.75. The third-order valence-electron chi connectivity index (χ3n) is 5.26. The van der Waals surface area contributed by atoms with Crippen molar-refractivity contribution in [2.75, 3.05) is 54.4 Å². The van der Waals surface area contributed by atoms with Crippen molar-refractivity contribution in [3.63, 3.8) is 0 Å². The molecule has 1 saturated heterocycles. The van der Waals surface area contributed by atoms with Crippen LogP contribution in [0.2, 0.25) is 0 Å². The number of halogens is 1. The highest BCUT2D eigenvalue weighted by Crippen LogP contribution is 2.22. The molecule has 0 amide bonds. The van der Waals surface area contributed by atoms with E-state index >= 15 is 0 Å². The van der Waals surface area contributed by atoms with Crippen LogP contribution >= 0.6 is 24.0 Å². The number of likely N-dealkylation sites (tertiary alicyclic amines) is 1. The molecule has 2 rings (SSSR count). The van der Waals surface area contributed by atoms with Gasteiger partial charge in [0.15, 0.2) is 5.96 Å². The standard InChI is InChI=1S/C21H37N5O.HI/c1-6-12-26-13-10-18(11-14-26)24-21(22-2)23-16-20(25(3)4)17-8-7-9-19(15-17)27-5;/h7-9,15,18,20H,6,10-14,16H2,1-5H3,(H2,22,23,24);1H. The molecule has 160 valence electrons. The zero-order valence-corrected chi connectivity index (χ0v) is 20.4. The Morgan fingerprint density at radius 2 is 2.04 bits per heavy atom. The molecule has 6 nitrogen and oxygen atoms in total. The molecular weight excluding hydrogens is 465 g/mol. The number of nitrogens with zero attached hydrogens (tertiary/aromatic N) is 3. The van der Waals surface area contributed by atoms with Gasteiger partial charge in [0.05, 0.1) is 13.2 Å². The van der Waals surface area contributed by atoms with E-state index in [-0.39, 0.29) is 30.0 Å². The Balaban J connectivity index is 0.00000392. The molecule has 2 N–H and O–H groups in total. The number of benzene rings is 1. The molecule has 1 aliphatic heterocycles. The van der Waals surface area contributed by atoms with Crippen LogP contribution in [-0.4, -0.2) is 76.2 Å². The zero-order valence-electron chi connectivity index (χ0n) is 18.1. The first-order valence-electron chi connectivity index (χ1n) is 10.1. The third-order valence-corrected chi connectivity index (χ3v) is 5.26. The van der Waals surface area contributed by atoms with Crippen molar-refractivity contribution in [2.45, 2.75) is 38.3 Å². The Morgan fingerprint density at radius 3 is 2.61 bits per heavy atom. The van der Waals surface area contributed by atoms with Crippen LogP contribution in [-0.2, 0) is 0 Å². The van der Waals surface area contributed by atoms with Gasteiger partial charge in [-0.2, -0.15) is 0 Å². The van der Waals surface area contributed by atoms with E-state index in [4.69, 9.17) is 4.74 Å². The highest BCUT2D eigenvalue weighted by molar-refractivity contribution is 14.0. The highest BCUT2D eigenvalue weighted by atomic mass is 127. The first-order chi connectivity index (χ1) is 13.1. The molecule has 1 fully saturated rings. The molecule has 1 atom stereocenters. The fourth-order valence-electron chi connectivity index (χ4n) is 3.65. The quantitative estimate of drug-likeness (QED) is 0.325. The predicted octanol–water partition coefficient (Wildman–Crippen LogP) is 2.96. The van der Waals surface area contributed by atoms with Crippen molar-refractivity contribution in [3.8, 4) is 5.75 Å². The summed E-state index contributed by atoms with van der Waals surface area (Å²) in [6, 6.07) is 9.01. The smallest absolute Gasteiger partial charge is 0.191 e. The summed E-state index contributed by atoms with van der Waals surface area (Å²) in [5.74, 6) is 1.78. The summed E-state index contributed by atoms with van der Waals surface area (Å²) in [6.07, 6.45) is 3.58. The van der Waals surface area contributed by atoms with Gasteiger partial charge in [0.25, 0.3) is 0 Å². The number of hydrogen-bond donors (Lipinski definition) is 2. The van der Waals surface area contributed by atoms with E-state index in [1.807, 2.05) is 19.2 Å². The van der Waals surface area contributed by atoms with Crippen molar-refractivity contribution in [3.05, 3.63) is 29.8 Å². The van der Waals surface area contributed by atoms with Crippen LogP contribution in [0.25, 0.3) is 0 Å². The number of hydrogen-bond acceptors (Lipinski definition) is 4. The van der Waals surface area contributed by atoms with Gasteiger partial charge in [-0.3, -0.25) is 4.99 Å². The molecule has 0 saturated carbocycles. The van der Waals surface area contributed by atoms with E-state index in [0.717, 1.165) is 18.3 Å². The maximum Gasteiger partial charge on any atom is 0.191 e. The minimum atomic E-state index is 0. The summed E-state index contributed by atoms with van der Waals surface area (Å²) in [5.41, 5.74) is 1.23. The lowest BCUT2D eigenvalue weighted by molar-refractivity contribution is 0.206. The van der Waals surface area contributed by atoms with Gasteiger partial charge in [-0.1, -0.05) is 19.1 Å². The second-order valence-electron chi connectivity index (χ2n) is 7.47. The number of rotatable bonds is 8. The molecule has 0 radical (unpaired) electrons. The summed E-state index contributed by atoms with van der Waals surface area (Å²) in [7, 11) is 7.76. The Labute approximate surface area is 188 Å². The van der Waals surface area contributed by atoms with E-state index < -0.39 is 0 Å². The van der Waals surface area contributed by atoms with Crippen LogP contribution in [0.5, 0.6) is 5.75 Å². The van der Waals surface area contributed by atoms with Crippen molar-refractivity contribution < 1.29 is 4.74 Å². The molecule has 7 heteroatoms. The van der Waals surface area contributed by atoms with Crippen LogP contribution in [0.1, 0.15) is 37.8 Å². The lowest BCUT2D eigenvalue weighted by atomic mass is 10.0. The minimum absolute atomic E-state index is 0. The molecule has 1 aromatic rings. The molecule has 28 heavy (non-hydrogen) atoms. The first-order valence-corrected chi connectivity index (χ1v) is 10.1. The average Bonchev–Trinajstić information content (AvgIpc) is 2.68. The topological polar surface area (TPSA) is 52.1 Å². The van der Waals surface area contributed by atoms with Crippen LogP contribution < -0.4 is 15.4 Å². The summed E-state index contributed by atoms with van der Waals surface area (Å²) >= 11 is 0. The molecule has 1 heterocycles. The summed E-state index contributed by atoms with van der Waals surface area (Å²) in [4.78, 5) is 9.21. The Bertz CT molecular complexity index is 588. The van der Waals surface area contributed by atoms with Crippen molar-refractivity contribution in [1.29, 1.82) is 0 Å². The normalized spacial score (nSPS) is 17.1. The molecular formula is C21H38IN5O. The minimum Gasteiger partial charge on any atom is -0.497 e. The van der Waals surface area contributed by atoms with Crippen LogP contribution in [0.3, 0.4) is 0 Å². The fourth-order valence-corrected chi connectivity index (χ4v) is 3.65. The van der Waals surface area contributed by atoms with Gasteiger partial charge in [0, 0.05) is 32.7 Å². The Hall–Kier alpha value is -1.06. The number of ether oxygens (including phenoxy) is 1. The summed E-state index contributed by atoms with van der Waals surface area (Å²) in [6.45, 7) is 6.60. The molecule has 0 aliphatic carbocycles. The SMILES string of the molecule is CCCN1CCC(NC(=NC)NCC(c2cccc(OC)c2)N(C)C)CC1.I. The lowest BCUT2D eigenvalue weighted by Gasteiger charge is -2.33. The van der Waals surface area contributed by atoms with Gasteiger partial charge in [-0.05, 0) is 57.6 Å². The summed E-state index contributed by atoms with van der Waals surface area (Å²) < 4.78 is 5.38. The van der Waals surface area contributed by atoms with Crippen LogP contribution in [0.4, 0.5) is 0 Å². The maximum absolute atomic E-state index is 5.38. The average molecular weight is 503 g/mol. The molecule has 1 aromatic carbocycles. The van der Waals surface area contributed by atoms with Gasteiger partial charge < -0.3 is 25.2 Å². The van der Waals surface area contributed by atoms with Gasteiger partial charge in [-0.15, -0.1) is 24.0 Å². The molecule has 1 unspecified atom stereocenters. The van der Waals surface area contributed by atoms with Gasteiger partial charge in [0.1, 0.15) is 5.75 Å². The highest BCUT2D eigenvalue weighted by Gasteiger charge is 2.20. The Kier molecular flexibility index (Phi) is 11.8. The van der Waals surface area contributed by atoms with E-state index in [9.17, 15) is 0 Å². The Morgan fingerprint density at radius 1 is 1.32 bits per heavy atom. The monoisotopic (exact) mass is 503 g/mol. The molecule has 1 aliphatic rings. The van der Waals surface area contributed by atoms with Crippen molar-refractivity contribution in [2.24, 2.45) is 4.99 Å². The van der Waals surface area contributed by atoms with Crippen LogP contribution in [0, 0.1) is 0 Å². The number of aliphatic imine (C=N–C) groups is 1. The zero-order chi connectivity index (χ0) is 19.6. The van der Waals surface area contributed by atoms with E-state index in [1.165, 1.54) is 44.5 Å².